The Morgan fingerprint density at radius 1 is 1.19 bits per heavy atom. The van der Waals surface area contributed by atoms with Crippen LogP contribution in [0.2, 0.25) is 0 Å². The van der Waals surface area contributed by atoms with Gasteiger partial charge < -0.3 is 9.88 Å². The Labute approximate surface area is 178 Å². The third kappa shape index (κ3) is 4.55. The minimum absolute atomic E-state index is 0.00712. The molecule has 0 aliphatic carbocycles. The predicted molar refractivity (Wildman–Crippen MR) is 112 cm³/mol. The molecule has 0 unspecified atom stereocenters. The Morgan fingerprint density at radius 3 is 2.61 bits per heavy atom. The molecule has 162 valence electrons. The fourth-order valence-electron chi connectivity index (χ4n) is 4.00. The third-order valence-corrected chi connectivity index (χ3v) is 5.80. The molecule has 4 rings (SSSR count). The van der Waals surface area contributed by atoms with Gasteiger partial charge in [-0.05, 0) is 43.5 Å². The molecule has 0 atom stereocenters. The number of aromatic nitrogens is 4. The standard InChI is InChI=1S/C22H24FN5O3/c1-27-21-17(13-24-27)22(31)26-18(25-21)3-2-4-19(29)28-11-9-15(10-12-28)20(30)14-5-7-16(23)8-6-14/h5-8,13,15H,2-4,9-12H2,1H3,(H,25,26,31). The van der Waals surface area contributed by atoms with Gasteiger partial charge >= 0.3 is 0 Å². The lowest BCUT2D eigenvalue weighted by Gasteiger charge is -2.31. The van der Waals surface area contributed by atoms with Gasteiger partial charge in [0.15, 0.2) is 11.4 Å². The van der Waals surface area contributed by atoms with Crippen LogP contribution in [0.25, 0.3) is 11.0 Å². The van der Waals surface area contributed by atoms with Crippen LogP contribution in [-0.4, -0.2) is 49.4 Å². The molecule has 3 aromatic rings. The van der Waals surface area contributed by atoms with Gasteiger partial charge in [-0.1, -0.05) is 0 Å². The van der Waals surface area contributed by atoms with Crippen LogP contribution >= 0.6 is 0 Å². The molecule has 1 aromatic carbocycles. The molecule has 1 aliphatic heterocycles. The summed E-state index contributed by atoms with van der Waals surface area (Å²) in [5, 5.41) is 4.49. The van der Waals surface area contributed by atoms with Crippen LogP contribution in [0.15, 0.2) is 35.3 Å². The molecule has 1 N–H and O–H groups in total. The number of Topliss-reactive ketones (excluding diaryl/α,β-unsaturated/α-hetero) is 1. The number of nitrogens with one attached hydrogen (secondary N) is 1. The number of amides is 1. The second kappa shape index (κ2) is 8.79. The lowest BCUT2D eigenvalue weighted by Crippen LogP contribution is -2.40. The van der Waals surface area contributed by atoms with E-state index in [2.05, 4.69) is 15.1 Å². The van der Waals surface area contributed by atoms with Crippen LogP contribution in [0.5, 0.6) is 0 Å². The Bertz CT molecular complexity index is 1160. The Morgan fingerprint density at radius 2 is 1.90 bits per heavy atom. The first-order chi connectivity index (χ1) is 14.9. The Hall–Kier alpha value is -3.36. The molecule has 0 spiro atoms. The van der Waals surface area contributed by atoms with E-state index in [1.807, 2.05) is 0 Å². The van der Waals surface area contributed by atoms with Gasteiger partial charge in [0.1, 0.15) is 17.0 Å². The van der Waals surface area contributed by atoms with Crippen LogP contribution in [0.4, 0.5) is 4.39 Å². The molecule has 8 nitrogen and oxygen atoms in total. The number of H-pyrrole nitrogens is 1. The first-order valence-corrected chi connectivity index (χ1v) is 10.4. The number of likely N-dealkylation sites (tertiary alicyclic amines) is 1. The quantitative estimate of drug-likeness (QED) is 0.611. The van der Waals surface area contributed by atoms with Gasteiger partial charge in [-0.25, -0.2) is 9.37 Å². The summed E-state index contributed by atoms with van der Waals surface area (Å²) in [6, 6.07) is 5.60. The molecule has 0 saturated carbocycles. The number of piperidine rings is 1. The van der Waals surface area contributed by atoms with Crippen LogP contribution in [0, 0.1) is 11.7 Å². The number of hydrogen-bond donors (Lipinski definition) is 1. The van der Waals surface area contributed by atoms with E-state index >= 15 is 0 Å². The van der Waals surface area contributed by atoms with E-state index in [0.29, 0.717) is 67.6 Å². The first kappa shape index (κ1) is 20.9. The van der Waals surface area contributed by atoms with Crippen molar-refractivity contribution >= 4 is 22.7 Å². The number of nitrogens with zero attached hydrogens (tertiary/aromatic N) is 4. The summed E-state index contributed by atoms with van der Waals surface area (Å²) >= 11 is 0. The van der Waals surface area contributed by atoms with Crippen LogP contribution in [0.3, 0.4) is 0 Å². The Balaban J connectivity index is 1.27. The number of rotatable bonds is 6. The van der Waals surface area contributed by atoms with Crippen molar-refractivity contribution in [3.8, 4) is 0 Å². The van der Waals surface area contributed by atoms with Gasteiger partial charge in [0, 0.05) is 44.5 Å². The van der Waals surface area contributed by atoms with E-state index in [-0.39, 0.29) is 29.0 Å². The lowest BCUT2D eigenvalue weighted by molar-refractivity contribution is -0.132. The smallest absolute Gasteiger partial charge is 0.262 e. The molecular formula is C22H24FN5O3. The maximum absolute atomic E-state index is 13.1. The van der Waals surface area contributed by atoms with Crippen molar-refractivity contribution in [1.82, 2.24) is 24.6 Å². The van der Waals surface area contributed by atoms with E-state index < -0.39 is 0 Å². The molecule has 1 aliphatic rings. The number of ketones is 1. The molecular weight excluding hydrogens is 401 g/mol. The summed E-state index contributed by atoms with van der Waals surface area (Å²) in [6.07, 6.45) is 4.10. The zero-order valence-electron chi connectivity index (χ0n) is 17.3. The van der Waals surface area contributed by atoms with Gasteiger partial charge in [-0.15, -0.1) is 0 Å². The Kier molecular flexibility index (Phi) is 5.92. The van der Waals surface area contributed by atoms with Crippen molar-refractivity contribution in [3.05, 3.63) is 58.0 Å². The summed E-state index contributed by atoms with van der Waals surface area (Å²) in [7, 11) is 1.73. The number of hydrogen-bond acceptors (Lipinski definition) is 5. The van der Waals surface area contributed by atoms with Crippen molar-refractivity contribution in [2.45, 2.75) is 32.1 Å². The van der Waals surface area contributed by atoms with Crippen molar-refractivity contribution < 1.29 is 14.0 Å². The van der Waals surface area contributed by atoms with E-state index in [0.717, 1.165) is 0 Å². The van der Waals surface area contributed by atoms with E-state index in [1.54, 1.807) is 16.6 Å². The summed E-state index contributed by atoms with van der Waals surface area (Å²) in [4.78, 5) is 46.2. The van der Waals surface area contributed by atoms with E-state index in [9.17, 15) is 18.8 Å². The first-order valence-electron chi connectivity index (χ1n) is 10.4. The second-order valence-corrected chi connectivity index (χ2v) is 7.90. The molecule has 1 saturated heterocycles. The molecule has 3 heterocycles. The third-order valence-electron chi connectivity index (χ3n) is 5.80. The van der Waals surface area contributed by atoms with Crippen molar-refractivity contribution in [2.24, 2.45) is 13.0 Å². The van der Waals surface area contributed by atoms with Crippen molar-refractivity contribution in [2.75, 3.05) is 13.1 Å². The van der Waals surface area contributed by atoms with E-state index in [1.165, 1.54) is 30.5 Å². The highest BCUT2D eigenvalue weighted by Crippen LogP contribution is 2.23. The number of aryl methyl sites for hydroxylation is 2. The number of aromatic amines is 1. The average Bonchev–Trinajstić information content (AvgIpc) is 3.15. The lowest BCUT2D eigenvalue weighted by atomic mass is 9.88. The minimum atomic E-state index is -0.364. The number of carbonyl (C=O) groups is 2. The molecule has 2 aromatic heterocycles. The number of benzene rings is 1. The van der Waals surface area contributed by atoms with Gasteiger partial charge in [0.25, 0.3) is 5.56 Å². The highest BCUT2D eigenvalue weighted by molar-refractivity contribution is 5.98. The summed E-state index contributed by atoms with van der Waals surface area (Å²) in [5.74, 6) is 0.0766. The minimum Gasteiger partial charge on any atom is -0.343 e. The number of fused-ring (bicyclic) bond motifs is 1. The molecule has 31 heavy (non-hydrogen) atoms. The SMILES string of the molecule is Cn1ncc2c(=O)[nH]c(CCCC(=O)N3CCC(C(=O)c4ccc(F)cc4)CC3)nc21. The van der Waals surface area contributed by atoms with Crippen LogP contribution < -0.4 is 5.56 Å². The van der Waals surface area contributed by atoms with Crippen molar-refractivity contribution in [1.29, 1.82) is 0 Å². The fraction of sp³-hybridized carbons (Fsp3) is 0.409. The highest BCUT2D eigenvalue weighted by Gasteiger charge is 2.27. The zero-order valence-corrected chi connectivity index (χ0v) is 17.3. The summed E-state index contributed by atoms with van der Waals surface area (Å²) < 4.78 is 14.6. The fourth-order valence-corrected chi connectivity index (χ4v) is 4.00. The summed E-state index contributed by atoms with van der Waals surface area (Å²) in [6.45, 7) is 1.07. The van der Waals surface area contributed by atoms with Gasteiger partial charge in [0.2, 0.25) is 5.91 Å². The number of halogens is 1. The molecule has 0 bridgehead atoms. The van der Waals surface area contributed by atoms with Gasteiger partial charge in [0.05, 0.1) is 6.20 Å². The maximum atomic E-state index is 13.1. The molecule has 1 fully saturated rings. The van der Waals surface area contributed by atoms with Crippen molar-refractivity contribution in [3.63, 3.8) is 0 Å². The molecule has 0 radical (unpaired) electrons. The number of carbonyl (C=O) groups excluding carboxylic acids is 2. The van der Waals surface area contributed by atoms with Crippen LogP contribution in [0.1, 0.15) is 41.9 Å². The second-order valence-electron chi connectivity index (χ2n) is 7.90. The van der Waals surface area contributed by atoms with Gasteiger partial charge in [-0.3, -0.25) is 19.1 Å². The molecule has 1 amide bonds. The maximum Gasteiger partial charge on any atom is 0.262 e. The van der Waals surface area contributed by atoms with Crippen LogP contribution in [-0.2, 0) is 18.3 Å². The predicted octanol–water partition coefficient (Wildman–Crippen LogP) is 2.24. The summed E-state index contributed by atoms with van der Waals surface area (Å²) in [5.41, 5.74) is 0.809. The average molecular weight is 425 g/mol. The normalized spacial score (nSPS) is 14.8. The van der Waals surface area contributed by atoms with E-state index in [4.69, 9.17) is 0 Å². The topological polar surface area (TPSA) is 101 Å². The molecule has 9 heteroatoms. The van der Waals surface area contributed by atoms with Gasteiger partial charge in [-0.2, -0.15) is 5.10 Å². The highest BCUT2D eigenvalue weighted by atomic mass is 19.1. The zero-order chi connectivity index (χ0) is 22.0. The monoisotopic (exact) mass is 425 g/mol. The largest absolute Gasteiger partial charge is 0.343 e.